The summed E-state index contributed by atoms with van der Waals surface area (Å²) in [5, 5.41) is 15.3. The molecule has 0 saturated carbocycles. The Bertz CT molecular complexity index is 251. The molecule has 72 valence electrons. The first-order chi connectivity index (χ1) is 6.12. The summed E-state index contributed by atoms with van der Waals surface area (Å²) < 4.78 is 0. The Morgan fingerprint density at radius 3 is 2.92 bits per heavy atom. The molecular formula is C10H17N3. The zero-order valence-electron chi connectivity index (χ0n) is 8.67. The van der Waals surface area contributed by atoms with Gasteiger partial charge in [0.05, 0.1) is 18.0 Å². The highest BCUT2D eigenvalue weighted by Gasteiger charge is 2.35. The van der Waals surface area contributed by atoms with Crippen LogP contribution in [-0.2, 0) is 0 Å². The fourth-order valence-corrected chi connectivity index (χ4v) is 1.86. The third kappa shape index (κ3) is 2.00. The fraction of sp³-hybridized carbons (Fsp3) is 0.800. The van der Waals surface area contributed by atoms with Crippen LogP contribution in [0.15, 0.2) is 5.10 Å². The molecule has 0 aromatic rings. The molecule has 0 aromatic heterocycles. The Balaban J connectivity index is 2.71. The minimum atomic E-state index is -0.0468. The van der Waals surface area contributed by atoms with Gasteiger partial charge in [-0.15, -0.1) is 0 Å². The van der Waals surface area contributed by atoms with Gasteiger partial charge in [-0.05, 0) is 20.3 Å². The third-order valence-electron chi connectivity index (χ3n) is 2.45. The number of hydrogen-bond acceptors (Lipinski definition) is 3. The molecule has 0 spiro atoms. The van der Waals surface area contributed by atoms with Crippen LogP contribution in [0, 0.1) is 11.3 Å². The second-order valence-corrected chi connectivity index (χ2v) is 3.97. The minimum Gasteiger partial charge on any atom is -0.290 e. The molecule has 0 bridgehead atoms. The maximum absolute atomic E-state index is 8.74. The number of hydrazone groups is 1. The number of rotatable bonds is 3. The molecule has 3 heteroatoms. The molecule has 0 aromatic carbocycles. The van der Waals surface area contributed by atoms with Gasteiger partial charge in [0.25, 0.3) is 0 Å². The van der Waals surface area contributed by atoms with Gasteiger partial charge in [-0.3, -0.25) is 5.01 Å². The Morgan fingerprint density at radius 2 is 2.38 bits per heavy atom. The first-order valence-electron chi connectivity index (χ1n) is 4.81. The largest absolute Gasteiger partial charge is 0.290 e. The summed E-state index contributed by atoms with van der Waals surface area (Å²) in [5.74, 6) is 0. The lowest BCUT2D eigenvalue weighted by atomic mass is 9.93. The van der Waals surface area contributed by atoms with E-state index in [0.29, 0.717) is 6.42 Å². The molecule has 0 saturated heterocycles. The van der Waals surface area contributed by atoms with Gasteiger partial charge in [-0.1, -0.05) is 6.92 Å². The zero-order valence-corrected chi connectivity index (χ0v) is 8.67. The molecule has 0 amide bonds. The van der Waals surface area contributed by atoms with Gasteiger partial charge in [0.15, 0.2) is 0 Å². The first kappa shape index (κ1) is 10.0. The number of nitrogens with zero attached hydrogens (tertiary/aromatic N) is 3. The van der Waals surface area contributed by atoms with E-state index >= 15 is 0 Å². The van der Waals surface area contributed by atoms with Crippen molar-refractivity contribution in [1.82, 2.24) is 5.01 Å². The third-order valence-corrected chi connectivity index (χ3v) is 2.45. The molecule has 1 heterocycles. The van der Waals surface area contributed by atoms with E-state index in [4.69, 9.17) is 5.26 Å². The highest BCUT2D eigenvalue weighted by Crippen LogP contribution is 2.30. The van der Waals surface area contributed by atoms with Gasteiger partial charge < -0.3 is 0 Å². The van der Waals surface area contributed by atoms with Crippen molar-refractivity contribution < 1.29 is 0 Å². The zero-order chi connectivity index (χ0) is 9.90. The van der Waals surface area contributed by atoms with Crippen molar-refractivity contribution >= 4 is 5.71 Å². The SMILES string of the molecule is CCCN1N=C(C)CC1(C)CC#N. The predicted octanol–water partition coefficient (Wildman–Crippen LogP) is 2.15. The molecule has 0 N–H and O–H groups in total. The molecule has 0 radical (unpaired) electrons. The fourth-order valence-electron chi connectivity index (χ4n) is 1.86. The summed E-state index contributed by atoms with van der Waals surface area (Å²) in [7, 11) is 0. The molecule has 1 unspecified atom stereocenters. The second kappa shape index (κ2) is 3.78. The number of hydrogen-bond donors (Lipinski definition) is 0. The lowest BCUT2D eigenvalue weighted by Crippen LogP contribution is -2.39. The van der Waals surface area contributed by atoms with Crippen molar-refractivity contribution in [3.05, 3.63) is 0 Å². The second-order valence-electron chi connectivity index (χ2n) is 3.97. The average Bonchev–Trinajstić information content (AvgIpc) is 2.28. The Labute approximate surface area is 80.0 Å². The minimum absolute atomic E-state index is 0.0468. The average molecular weight is 179 g/mol. The van der Waals surface area contributed by atoms with Crippen LogP contribution in [-0.4, -0.2) is 22.8 Å². The normalized spacial score (nSPS) is 27.2. The summed E-state index contributed by atoms with van der Waals surface area (Å²) in [6, 6.07) is 2.24. The van der Waals surface area contributed by atoms with Crippen LogP contribution in [0.1, 0.15) is 40.0 Å². The molecule has 3 nitrogen and oxygen atoms in total. The molecule has 1 aliphatic rings. The maximum Gasteiger partial charge on any atom is 0.0733 e. The highest BCUT2D eigenvalue weighted by atomic mass is 15.5. The van der Waals surface area contributed by atoms with E-state index in [1.807, 2.05) is 6.92 Å². The van der Waals surface area contributed by atoms with Crippen LogP contribution in [0.2, 0.25) is 0 Å². The van der Waals surface area contributed by atoms with Gasteiger partial charge in [0.1, 0.15) is 0 Å². The lowest BCUT2D eigenvalue weighted by Gasteiger charge is -2.32. The summed E-state index contributed by atoms with van der Waals surface area (Å²) >= 11 is 0. The van der Waals surface area contributed by atoms with Gasteiger partial charge >= 0.3 is 0 Å². The van der Waals surface area contributed by atoms with Crippen molar-refractivity contribution in [2.24, 2.45) is 5.10 Å². The van der Waals surface area contributed by atoms with Crippen LogP contribution in [0.25, 0.3) is 0 Å². The van der Waals surface area contributed by atoms with Crippen molar-refractivity contribution in [3.63, 3.8) is 0 Å². The van der Waals surface area contributed by atoms with Gasteiger partial charge in [0.2, 0.25) is 0 Å². The molecule has 0 fully saturated rings. The van der Waals surface area contributed by atoms with Crippen LogP contribution in [0.4, 0.5) is 0 Å². The predicted molar refractivity (Wildman–Crippen MR) is 53.4 cm³/mol. The molecule has 13 heavy (non-hydrogen) atoms. The van der Waals surface area contributed by atoms with Crippen molar-refractivity contribution in [1.29, 1.82) is 5.26 Å². The lowest BCUT2D eigenvalue weighted by molar-refractivity contribution is 0.139. The monoisotopic (exact) mass is 179 g/mol. The van der Waals surface area contributed by atoms with E-state index in [1.165, 1.54) is 0 Å². The van der Waals surface area contributed by atoms with Crippen LogP contribution in [0.5, 0.6) is 0 Å². The Hall–Kier alpha value is -1.04. The van der Waals surface area contributed by atoms with Crippen LogP contribution < -0.4 is 0 Å². The summed E-state index contributed by atoms with van der Waals surface area (Å²) in [6.07, 6.45) is 2.58. The van der Waals surface area contributed by atoms with Crippen molar-refractivity contribution in [2.75, 3.05) is 6.54 Å². The smallest absolute Gasteiger partial charge is 0.0733 e. The summed E-state index contributed by atoms with van der Waals surface area (Å²) in [6.45, 7) is 7.24. The Morgan fingerprint density at radius 1 is 1.69 bits per heavy atom. The van der Waals surface area contributed by atoms with E-state index in [2.05, 4.69) is 30.0 Å². The molecule has 1 rings (SSSR count). The Kier molecular flexibility index (Phi) is 2.92. The summed E-state index contributed by atoms with van der Waals surface area (Å²) in [4.78, 5) is 0. The van der Waals surface area contributed by atoms with Crippen LogP contribution in [0.3, 0.4) is 0 Å². The standard InChI is InChI=1S/C10H17N3/c1-4-7-13-10(3,5-6-11)8-9(2)12-13/h4-5,7-8H2,1-3H3. The van der Waals surface area contributed by atoms with E-state index in [1.54, 1.807) is 0 Å². The van der Waals surface area contributed by atoms with E-state index < -0.39 is 0 Å². The number of nitriles is 1. The van der Waals surface area contributed by atoms with Crippen LogP contribution >= 0.6 is 0 Å². The van der Waals surface area contributed by atoms with Crippen molar-refractivity contribution in [3.8, 4) is 6.07 Å². The van der Waals surface area contributed by atoms with E-state index in [-0.39, 0.29) is 5.54 Å². The maximum atomic E-state index is 8.74. The highest BCUT2D eigenvalue weighted by molar-refractivity contribution is 5.84. The van der Waals surface area contributed by atoms with Gasteiger partial charge in [-0.25, -0.2) is 0 Å². The first-order valence-corrected chi connectivity index (χ1v) is 4.81. The summed E-state index contributed by atoms with van der Waals surface area (Å²) in [5.41, 5.74) is 1.10. The molecule has 1 aliphatic heterocycles. The van der Waals surface area contributed by atoms with E-state index in [9.17, 15) is 0 Å². The molecular weight excluding hydrogens is 162 g/mol. The van der Waals surface area contributed by atoms with E-state index in [0.717, 1.165) is 25.1 Å². The topological polar surface area (TPSA) is 39.4 Å². The van der Waals surface area contributed by atoms with Gasteiger partial charge in [0, 0.05) is 18.7 Å². The molecule has 0 aliphatic carbocycles. The molecule has 1 atom stereocenters. The quantitative estimate of drug-likeness (QED) is 0.666. The van der Waals surface area contributed by atoms with Gasteiger partial charge in [-0.2, -0.15) is 10.4 Å². The van der Waals surface area contributed by atoms with Crippen molar-refractivity contribution in [2.45, 2.75) is 45.6 Å².